The Balaban J connectivity index is 1.56. The van der Waals surface area contributed by atoms with E-state index in [4.69, 9.17) is 11.6 Å². The van der Waals surface area contributed by atoms with E-state index in [0.717, 1.165) is 12.8 Å². The normalized spacial score (nSPS) is 22.4. The van der Waals surface area contributed by atoms with Gasteiger partial charge in [-0.1, -0.05) is 29.8 Å². The molecule has 1 aromatic carbocycles. The zero-order chi connectivity index (χ0) is 18.3. The van der Waals surface area contributed by atoms with E-state index in [2.05, 4.69) is 5.10 Å². The van der Waals surface area contributed by atoms with Crippen LogP contribution in [0.3, 0.4) is 0 Å². The number of aromatic nitrogens is 2. The van der Waals surface area contributed by atoms with Gasteiger partial charge in [-0.05, 0) is 30.9 Å². The average Bonchev–Trinajstić information content (AvgIpc) is 2.82. The van der Waals surface area contributed by atoms with Gasteiger partial charge in [0.15, 0.2) is 5.69 Å². The van der Waals surface area contributed by atoms with Crippen LogP contribution in [0.25, 0.3) is 0 Å². The molecular formula is C19H21ClN4O2. The van der Waals surface area contributed by atoms with E-state index in [1.807, 2.05) is 40.1 Å². The number of nitrogens with zero attached hydrogens (tertiary/aromatic N) is 4. The van der Waals surface area contributed by atoms with Crippen molar-refractivity contribution < 1.29 is 9.59 Å². The number of halogens is 1. The maximum absolute atomic E-state index is 13.0. The molecule has 136 valence electrons. The van der Waals surface area contributed by atoms with Crippen LogP contribution in [0.1, 0.15) is 33.7 Å². The Kier molecular flexibility index (Phi) is 4.44. The van der Waals surface area contributed by atoms with E-state index in [-0.39, 0.29) is 23.8 Å². The van der Waals surface area contributed by atoms with Crippen molar-refractivity contribution in [1.29, 1.82) is 0 Å². The number of aryl methyl sites for hydroxylation is 1. The van der Waals surface area contributed by atoms with Crippen LogP contribution in [-0.4, -0.2) is 57.1 Å². The molecule has 3 saturated heterocycles. The van der Waals surface area contributed by atoms with Crippen molar-refractivity contribution in [3.8, 4) is 0 Å². The van der Waals surface area contributed by atoms with Crippen molar-refractivity contribution >= 4 is 23.4 Å². The molecule has 1 aromatic heterocycles. The minimum Gasteiger partial charge on any atom is -0.336 e. The fraction of sp³-hybridized carbons (Fsp3) is 0.421. The van der Waals surface area contributed by atoms with Crippen molar-refractivity contribution in [3.63, 3.8) is 0 Å². The summed E-state index contributed by atoms with van der Waals surface area (Å²) in [5.41, 5.74) is 0.988. The minimum atomic E-state index is -0.140. The Morgan fingerprint density at radius 1 is 1.08 bits per heavy atom. The summed E-state index contributed by atoms with van der Waals surface area (Å²) >= 11 is 6.17. The molecule has 2 amide bonds. The highest BCUT2D eigenvalue weighted by Crippen LogP contribution is 2.30. The third-order valence-corrected chi connectivity index (χ3v) is 5.55. The van der Waals surface area contributed by atoms with Gasteiger partial charge < -0.3 is 9.80 Å². The van der Waals surface area contributed by atoms with Crippen LogP contribution in [0.2, 0.25) is 5.02 Å². The molecule has 3 fully saturated rings. The number of carbonyl (C=O) groups is 2. The van der Waals surface area contributed by atoms with Crippen LogP contribution >= 0.6 is 11.6 Å². The van der Waals surface area contributed by atoms with Crippen molar-refractivity contribution in [2.45, 2.75) is 18.9 Å². The van der Waals surface area contributed by atoms with Crippen LogP contribution in [0.4, 0.5) is 0 Å². The number of piperidine rings is 1. The Hall–Kier alpha value is -2.34. The molecule has 2 bridgehead atoms. The highest BCUT2D eigenvalue weighted by molar-refractivity contribution is 6.33. The van der Waals surface area contributed by atoms with E-state index < -0.39 is 0 Å². The predicted molar refractivity (Wildman–Crippen MR) is 98.1 cm³/mol. The summed E-state index contributed by atoms with van der Waals surface area (Å²) in [7, 11) is 1.75. The van der Waals surface area contributed by atoms with Crippen LogP contribution in [0.5, 0.6) is 0 Å². The second kappa shape index (κ2) is 6.76. The molecule has 0 spiro atoms. The predicted octanol–water partition coefficient (Wildman–Crippen LogP) is 2.45. The van der Waals surface area contributed by atoms with E-state index in [0.29, 0.717) is 35.9 Å². The summed E-state index contributed by atoms with van der Waals surface area (Å²) in [4.78, 5) is 29.6. The Labute approximate surface area is 157 Å². The van der Waals surface area contributed by atoms with E-state index in [9.17, 15) is 9.59 Å². The van der Waals surface area contributed by atoms with Crippen molar-refractivity contribution in [2.24, 2.45) is 13.0 Å². The molecule has 5 rings (SSSR count). The summed E-state index contributed by atoms with van der Waals surface area (Å²) in [6.45, 7) is 1.89. The zero-order valence-corrected chi connectivity index (χ0v) is 15.4. The molecule has 0 N–H and O–H groups in total. The Morgan fingerprint density at radius 2 is 1.85 bits per heavy atom. The van der Waals surface area contributed by atoms with Crippen LogP contribution in [0, 0.1) is 5.92 Å². The third kappa shape index (κ3) is 3.09. The Morgan fingerprint density at radius 3 is 2.54 bits per heavy atom. The van der Waals surface area contributed by atoms with Crippen molar-refractivity contribution in [1.82, 2.24) is 19.6 Å². The second-order valence-corrected chi connectivity index (χ2v) is 7.54. The molecule has 3 aliphatic heterocycles. The monoisotopic (exact) mass is 372 g/mol. The SMILES string of the molecule is Cn1cc(Cl)c(C(=O)N2C[C@H]3CC[C@@H]2CN(C(=O)c2ccccc2)C3)n1. The standard InChI is InChI=1S/C19H21ClN4O2/c1-22-12-16(20)17(21-22)19(26)24-10-13-7-8-15(24)11-23(9-13)18(25)14-5-3-2-4-6-14/h2-6,12-13,15H,7-11H2,1H3/t13-,15+/m0/s1. The lowest BCUT2D eigenvalue weighted by molar-refractivity contribution is 0.0568. The van der Waals surface area contributed by atoms with Gasteiger partial charge in [-0.15, -0.1) is 0 Å². The first-order valence-electron chi connectivity index (χ1n) is 8.87. The summed E-state index contributed by atoms with van der Waals surface area (Å²) in [5, 5.41) is 4.58. The van der Waals surface area contributed by atoms with Gasteiger partial charge in [0.25, 0.3) is 11.8 Å². The van der Waals surface area contributed by atoms with E-state index in [1.165, 1.54) is 0 Å². The molecule has 6 nitrogen and oxygen atoms in total. The molecule has 3 aliphatic rings. The van der Waals surface area contributed by atoms with Crippen LogP contribution in [0.15, 0.2) is 36.5 Å². The summed E-state index contributed by atoms with van der Waals surface area (Å²) in [6, 6.07) is 9.33. The highest BCUT2D eigenvalue weighted by atomic mass is 35.5. The topological polar surface area (TPSA) is 58.4 Å². The number of rotatable bonds is 2. The van der Waals surface area contributed by atoms with Gasteiger partial charge in [0, 0.05) is 44.5 Å². The van der Waals surface area contributed by atoms with Crippen LogP contribution in [-0.2, 0) is 7.05 Å². The molecule has 4 heterocycles. The smallest absolute Gasteiger partial charge is 0.276 e. The average molecular weight is 373 g/mol. The lowest BCUT2D eigenvalue weighted by Crippen LogP contribution is -2.48. The summed E-state index contributed by atoms with van der Waals surface area (Å²) in [6.07, 6.45) is 3.57. The number of fused-ring (bicyclic) bond motifs is 4. The van der Waals surface area contributed by atoms with Gasteiger partial charge in [-0.2, -0.15) is 5.10 Å². The highest BCUT2D eigenvalue weighted by Gasteiger charge is 2.40. The molecule has 2 aromatic rings. The lowest BCUT2D eigenvalue weighted by atomic mass is 9.94. The molecule has 0 aliphatic carbocycles. The molecule has 7 heteroatoms. The second-order valence-electron chi connectivity index (χ2n) is 7.13. The third-order valence-electron chi connectivity index (χ3n) is 5.27. The van der Waals surface area contributed by atoms with Gasteiger partial charge in [0.05, 0.1) is 5.02 Å². The Bertz CT molecular complexity index is 835. The van der Waals surface area contributed by atoms with Gasteiger partial charge in [-0.3, -0.25) is 14.3 Å². The van der Waals surface area contributed by atoms with Gasteiger partial charge in [0.1, 0.15) is 0 Å². The minimum absolute atomic E-state index is 0.00647. The van der Waals surface area contributed by atoms with Crippen LogP contribution < -0.4 is 0 Å². The fourth-order valence-corrected chi connectivity index (χ4v) is 4.26. The van der Waals surface area contributed by atoms with Crippen molar-refractivity contribution in [2.75, 3.05) is 19.6 Å². The van der Waals surface area contributed by atoms with Gasteiger partial charge in [0.2, 0.25) is 0 Å². The summed E-state index contributed by atoms with van der Waals surface area (Å²) in [5.74, 6) is 0.180. The maximum atomic E-state index is 13.0. The molecule has 2 atom stereocenters. The summed E-state index contributed by atoms with van der Waals surface area (Å²) < 4.78 is 1.55. The van der Waals surface area contributed by atoms with Gasteiger partial charge in [-0.25, -0.2) is 0 Å². The zero-order valence-electron chi connectivity index (χ0n) is 14.6. The van der Waals surface area contributed by atoms with E-state index >= 15 is 0 Å². The first-order chi connectivity index (χ1) is 12.5. The molecule has 26 heavy (non-hydrogen) atoms. The lowest BCUT2D eigenvalue weighted by Gasteiger charge is -2.35. The number of carbonyl (C=O) groups excluding carboxylic acids is 2. The first-order valence-corrected chi connectivity index (χ1v) is 9.25. The maximum Gasteiger partial charge on any atom is 0.276 e. The van der Waals surface area contributed by atoms with Gasteiger partial charge >= 0.3 is 0 Å². The molecular weight excluding hydrogens is 352 g/mol. The number of amides is 2. The van der Waals surface area contributed by atoms with Crippen molar-refractivity contribution in [3.05, 3.63) is 52.8 Å². The first kappa shape index (κ1) is 17.1. The molecule has 0 unspecified atom stereocenters. The molecule has 0 radical (unpaired) electrons. The largest absolute Gasteiger partial charge is 0.336 e. The molecule has 0 saturated carbocycles. The quantitative estimate of drug-likeness (QED) is 0.813. The number of benzene rings is 1. The van der Waals surface area contributed by atoms with E-state index in [1.54, 1.807) is 17.9 Å². The fourth-order valence-electron chi connectivity index (χ4n) is 4.00. The number of hydrogen-bond donors (Lipinski definition) is 0. The number of hydrogen-bond acceptors (Lipinski definition) is 3.